The maximum atomic E-state index is 9.09. The molecule has 0 radical (unpaired) electrons. The minimum absolute atomic E-state index is 0.472. The molecule has 0 bridgehead atoms. The van der Waals surface area contributed by atoms with Gasteiger partial charge in [0.15, 0.2) is 0 Å². The Morgan fingerprint density at radius 1 is 1.35 bits per heavy atom. The number of anilines is 1. The molecule has 0 amide bonds. The van der Waals surface area contributed by atoms with Crippen molar-refractivity contribution in [1.82, 2.24) is 9.97 Å². The van der Waals surface area contributed by atoms with Gasteiger partial charge in [0.1, 0.15) is 11.8 Å². The molecule has 1 aromatic heterocycles. The van der Waals surface area contributed by atoms with Gasteiger partial charge in [-0.1, -0.05) is 26.7 Å². The third-order valence-electron chi connectivity index (χ3n) is 3.93. The van der Waals surface area contributed by atoms with Crippen molar-refractivity contribution in [3.8, 4) is 6.07 Å². The van der Waals surface area contributed by atoms with E-state index in [1.165, 1.54) is 25.7 Å². The monoisotopic (exact) mass is 272 g/mol. The van der Waals surface area contributed by atoms with E-state index in [-0.39, 0.29) is 0 Å². The van der Waals surface area contributed by atoms with Crippen LogP contribution in [0.5, 0.6) is 0 Å². The Labute approximate surface area is 121 Å². The summed E-state index contributed by atoms with van der Waals surface area (Å²) in [6.07, 6.45) is 6.16. The van der Waals surface area contributed by atoms with Gasteiger partial charge in [-0.05, 0) is 38.2 Å². The SMILES string of the molecule is Cc1cc(C#N)nc(N(CCC(C)C)C2CCCC2)n1. The largest absolute Gasteiger partial charge is 0.338 e. The number of aromatic nitrogens is 2. The highest BCUT2D eigenvalue weighted by molar-refractivity contribution is 5.37. The second kappa shape index (κ2) is 6.69. The Morgan fingerprint density at radius 3 is 2.65 bits per heavy atom. The van der Waals surface area contributed by atoms with Crippen molar-refractivity contribution in [2.45, 2.75) is 58.9 Å². The molecule has 4 nitrogen and oxygen atoms in total. The number of nitriles is 1. The van der Waals surface area contributed by atoms with Crippen molar-refractivity contribution in [2.24, 2.45) is 5.92 Å². The van der Waals surface area contributed by atoms with Crippen LogP contribution >= 0.6 is 0 Å². The first-order valence-electron chi connectivity index (χ1n) is 7.62. The van der Waals surface area contributed by atoms with Crippen LogP contribution in [0.25, 0.3) is 0 Å². The summed E-state index contributed by atoms with van der Waals surface area (Å²) in [6.45, 7) is 7.40. The van der Waals surface area contributed by atoms with Crippen LogP contribution in [0, 0.1) is 24.2 Å². The van der Waals surface area contributed by atoms with Gasteiger partial charge in [-0.15, -0.1) is 0 Å². The summed E-state index contributed by atoms with van der Waals surface area (Å²) in [5.41, 5.74) is 1.35. The molecule has 0 unspecified atom stereocenters. The molecule has 0 spiro atoms. The predicted octanol–water partition coefficient (Wildman–Crippen LogP) is 3.45. The summed E-state index contributed by atoms with van der Waals surface area (Å²) in [5.74, 6) is 1.41. The van der Waals surface area contributed by atoms with Crippen LogP contribution < -0.4 is 4.90 Å². The lowest BCUT2D eigenvalue weighted by atomic mass is 10.1. The number of nitrogens with zero attached hydrogens (tertiary/aromatic N) is 4. The standard InChI is InChI=1S/C16H24N4/c1-12(2)8-9-20(15-6-4-5-7-15)16-18-13(3)10-14(11-17)19-16/h10,12,15H,4-9H2,1-3H3. The Bertz CT molecular complexity index is 484. The number of aryl methyl sites for hydroxylation is 1. The zero-order valence-electron chi connectivity index (χ0n) is 12.8. The van der Waals surface area contributed by atoms with E-state index in [4.69, 9.17) is 5.26 Å². The molecule has 2 rings (SSSR count). The molecule has 1 aliphatic carbocycles. The lowest BCUT2D eigenvalue weighted by Crippen LogP contribution is -2.36. The van der Waals surface area contributed by atoms with Crippen molar-refractivity contribution in [3.63, 3.8) is 0 Å². The summed E-state index contributed by atoms with van der Waals surface area (Å²) in [4.78, 5) is 11.3. The Morgan fingerprint density at radius 2 is 2.05 bits per heavy atom. The zero-order chi connectivity index (χ0) is 14.5. The summed E-state index contributed by atoms with van der Waals surface area (Å²) in [5, 5.41) is 9.09. The fourth-order valence-electron chi connectivity index (χ4n) is 2.80. The lowest BCUT2D eigenvalue weighted by Gasteiger charge is -2.30. The van der Waals surface area contributed by atoms with Crippen LogP contribution in [-0.4, -0.2) is 22.6 Å². The Kier molecular flexibility index (Phi) is 4.94. The maximum Gasteiger partial charge on any atom is 0.227 e. The van der Waals surface area contributed by atoms with Gasteiger partial charge in [-0.25, -0.2) is 9.97 Å². The number of hydrogen-bond acceptors (Lipinski definition) is 4. The van der Waals surface area contributed by atoms with E-state index < -0.39 is 0 Å². The molecule has 20 heavy (non-hydrogen) atoms. The van der Waals surface area contributed by atoms with Crippen LogP contribution in [0.15, 0.2) is 6.07 Å². The molecule has 4 heteroatoms. The summed E-state index contributed by atoms with van der Waals surface area (Å²) in [7, 11) is 0. The van der Waals surface area contributed by atoms with Gasteiger partial charge in [-0.3, -0.25) is 0 Å². The molecule has 1 heterocycles. The minimum Gasteiger partial charge on any atom is -0.338 e. The highest BCUT2D eigenvalue weighted by Gasteiger charge is 2.25. The molecule has 0 saturated heterocycles. The van der Waals surface area contributed by atoms with Crippen molar-refractivity contribution in [1.29, 1.82) is 5.26 Å². The van der Waals surface area contributed by atoms with E-state index in [0.717, 1.165) is 24.6 Å². The molecule has 0 N–H and O–H groups in total. The van der Waals surface area contributed by atoms with Crippen LogP contribution in [0.2, 0.25) is 0 Å². The molecular weight excluding hydrogens is 248 g/mol. The third kappa shape index (κ3) is 3.69. The van der Waals surface area contributed by atoms with E-state index in [1.807, 2.05) is 6.92 Å². The molecule has 0 atom stereocenters. The zero-order valence-corrected chi connectivity index (χ0v) is 12.8. The summed E-state index contributed by atoms with van der Waals surface area (Å²) in [6, 6.07) is 4.43. The van der Waals surface area contributed by atoms with Crippen LogP contribution in [0.3, 0.4) is 0 Å². The van der Waals surface area contributed by atoms with Crippen LogP contribution in [0.1, 0.15) is 57.3 Å². The van der Waals surface area contributed by atoms with Crippen molar-refractivity contribution < 1.29 is 0 Å². The second-order valence-corrected chi connectivity index (χ2v) is 6.12. The van der Waals surface area contributed by atoms with E-state index in [0.29, 0.717) is 17.7 Å². The van der Waals surface area contributed by atoms with Gasteiger partial charge in [0.25, 0.3) is 0 Å². The molecular formula is C16H24N4. The summed E-state index contributed by atoms with van der Waals surface area (Å²) < 4.78 is 0. The molecule has 1 aromatic rings. The normalized spacial score (nSPS) is 15.6. The average molecular weight is 272 g/mol. The van der Waals surface area contributed by atoms with Crippen molar-refractivity contribution >= 4 is 5.95 Å². The van der Waals surface area contributed by atoms with E-state index in [9.17, 15) is 0 Å². The Balaban J connectivity index is 2.24. The molecule has 1 aliphatic rings. The maximum absolute atomic E-state index is 9.09. The summed E-state index contributed by atoms with van der Waals surface area (Å²) >= 11 is 0. The average Bonchev–Trinajstić information content (AvgIpc) is 2.92. The Hall–Kier alpha value is -1.63. The quantitative estimate of drug-likeness (QED) is 0.823. The van der Waals surface area contributed by atoms with Crippen LogP contribution in [-0.2, 0) is 0 Å². The fourth-order valence-corrected chi connectivity index (χ4v) is 2.80. The van der Waals surface area contributed by atoms with E-state index in [2.05, 4.69) is 34.8 Å². The first-order chi connectivity index (χ1) is 9.60. The first kappa shape index (κ1) is 14.8. The smallest absolute Gasteiger partial charge is 0.227 e. The highest BCUT2D eigenvalue weighted by atomic mass is 15.3. The van der Waals surface area contributed by atoms with Gasteiger partial charge < -0.3 is 4.90 Å². The molecule has 108 valence electrons. The van der Waals surface area contributed by atoms with Gasteiger partial charge in [0, 0.05) is 18.3 Å². The first-order valence-corrected chi connectivity index (χ1v) is 7.62. The van der Waals surface area contributed by atoms with E-state index >= 15 is 0 Å². The van der Waals surface area contributed by atoms with Gasteiger partial charge >= 0.3 is 0 Å². The highest BCUT2D eigenvalue weighted by Crippen LogP contribution is 2.27. The van der Waals surface area contributed by atoms with Crippen molar-refractivity contribution in [2.75, 3.05) is 11.4 Å². The van der Waals surface area contributed by atoms with Gasteiger partial charge in [0.2, 0.25) is 5.95 Å². The second-order valence-electron chi connectivity index (χ2n) is 6.12. The van der Waals surface area contributed by atoms with E-state index in [1.54, 1.807) is 6.07 Å². The van der Waals surface area contributed by atoms with Gasteiger partial charge in [0.05, 0.1) is 0 Å². The molecule has 1 saturated carbocycles. The van der Waals surface area contributed by atoms with Gasteiger partial charge in [-0.2, -0.15) is 5.26 Å². The number of hydrogen-bond donors (Lipinski definition) is 0. The van der Waals surface area contributed by atoms with Crippen LogP contribution in [0.4, 0.5) is 5.95 Å². The molecule has 0 aliphatic heterocycles. The molecule has 1 fully saturated rings. The lowest BCUT2D eigenvalue weighted by molar-refractivity contribution is 0.520. The minimum atomic E-state index is 0.472. The fraction of sp³-hybridized carbons (Fsp3) is 0.688. The van der Waals surface area contributed by atoms with Crippen molar-refractivity contribution in [3.05, 3.63) is 17.5 Å². The third-order valence-corrected chi connectivity index (χ3v) is 3.93. The number of rotatable bonds is 5. The molecule has 0 aromatic carbocycles. The predicted molar refractivity (Wildman–Crippen MR) is 80.5 cm³/mol. The topological polar surface area (TPSA) is 52.8 Å².